The molecule has 2 aliphatic rings. The van der Waals surface area contributed by atoms with Crippen LogP contribution in [0, 0.1) is 0 Å². The van der Waals surface area contributed by atoms with Crippen LogP contribution < -0.4 is 5.32 Å². The molecule has 7 heteroatoms. The molecule has 0 saturated carbocycles. The molecule has 2 rings (SSSR count). The molecular weight excluding hydrogens is 292 g/mol. The Hall–Kier alpha value is -1.50. The third-order valence-electron chi connectivity index (χ3n) is 3.80. The molecule has 2 amide bonds. The Bertz CT molecular complexity index is 482. The monoisotopic (exact) mass is 312 g/mol. The normalized spacial score (nSPS) is 29.0. The van der Waals surface area contributed by atoms with Gasteiger partial charge in [-0.05, 0) is 20.3 Å². The first-order valence-electron chi connectivity index (χ1n) is 6.94. The van der Waals surface area contributed by atoms with E-state index in [2.05, 4.69) is 11.9 Å². The van der Waals surface area contributed by atoms with Crippen molar-refractivity contribution in [3.63, 3.8) is 0 Å². The van der Waals surface area contributed by atoms with Crippen LogP contribution in [0.2, 0.25) is 0 Å². The van der Waals surface area contributed by atoms with Crippen LogP contribution in [-0.4, -0.2) is 52.0 Å². The lowest BCUT2D eigenvalue weighted by Crippen LogP contribution is -2.48. The molecule has 0 spiro atoms. The Balaban J connectivity index is 1.96. The summed E-state index contributed by atoms with van der Waals surface area (Å²) >= 11 is 1.60. The third-order valence-corrected chi connectivity index (χ3v) is 5.30. The zero-order valence-corrected chi connectivity index (χ0v) is 13.1. The van der Waals surface area contributed by atoms with Crippen molar-refractivity contribution in [3.8, 4) is 0 Å². The van der Waals surface area contributed by atoms with Gasteiger partial charge in [-0.1, -0.05) is 6.08 Å². The molecule has 0 aliphatic carbocycles. The zero-order valence-electron chi connectivity index (χ0n) is 12.3. The number of hydrogen-bond donors (Lipinski definition) is 1. The zero-order chi connectivity index (χ0) is 15.6. The van der Waals surface area contributed by atoms with E-state index in [4.69, 9.17) is 4.74 Å². The summed E-state index contributed by atoms with van der Waals surface area (Å²) in [6.07, 6.45) is 1.87. The van der Waals surface area contributed by atoms with E-state index in [1.165, 1.54) is 6.92 Å². The van der Waals surface area contributed by atoms with Gasteiger partial charge in [0.05, 0.1) is 4.87 Å². The van der Waals surface area contributed by atoms with Crippen LogP contribution in [0.15, 0.2) is 12.7 Å². The summed E-state index contributed by atoms with van der Waals surface area (Å²) in [5, 5.41) is 2.57. The number of rotatable bonds is 5. The number of carbonyl (C=O) groups is 3. The maximum Gasteiger partial charge on any atom is 0.330 e. The lowest BCUT2D eigenvalue weighted by atomic mass is 10.2. The topological polar surface area (TPSA) is 75.7 Å². The van der Waals surface area contributed by atoms with E-state index in [-0.39, 0.29) is 16.7 Å². The van der Waals surface area contributed by atoms with Crippen LogP contribution in [-0.2, 0) is 19.1 Å². The Labute approximate surface area is 128 Å². The second kappa shape index (κ2) is 6.09. The van der Waals surface area contributed by atoms with E-state index in [1.807, 2.05) is 6.92 Å². The first kappa shape index (κ1) is 15.9. The lowest BCUT2D eigenvalue weighted by Gasteiger charge is -2.29. The van der Waals surface area contributed by atoms with Gasteiger partial charge < -0.3 is 15.0 Å². The number of amides is 2. The summed E-state index contributed by atoms with van der Waals surface area (Å²) < 4.78 is 5.20. The molecule has 21 heavy (non-hydrogen) atoms. The smallest absolute Gasteiger partial charge is 0.330 e. The highest BCUT2D eigenvalue weighted by molar-refractivity contribution is 8.01. The molecule has 116 valence electrons. The van der Waals surface area contributed by atoms with E-state index in [0.717, 1.165) is 6.42 Å². The summed E-state index contributed by atoms with van der Waals surface area (Å²) in [5.74, 6) is -0.387. The fourth-order valence-electron chi connectivity index (χ4n) is 2.62. The highest BCUT2D eigenvalue weighted by Gasteiger charge is 2.53. The first-order chi connectivity index (χ1) is 9.89. The molecule has 0 aromatic rings. The fourth-order valence-corrected chi connectivity index (χ4v) is 4.03. The van der Waals surface area contributed by atoms with Gasteiger partial charge in [0.1, 0.15) is 6.04 Å². The Morgan fingerprint density at radius 3 is 3.05 bits per heavy atom. The molecular formula is C14H20N2O4S. The predicted octanol–water partition coefficient (Wildman–Crippen LogP) is 0.674. The number of nitrogens with zero attached hydrogens (tertiary/aromatic N) is 1. The van der Waals surface area contributed by atoms with Gasteiger partial charge in [-0.25, -0.2) is 4.79 Å². The molecule has 2 heterocycles. The van der Waals surface area contributed by atoms with Gasteiger partial charge in [0.15, 0.2) is 6.10 Å². The summed E-state index contributed by atoms with van der Waals surface area (Å²) in [6.45, 7) is 7.31. The van der Waals surface area contributed by atoms with Crippen molar-refractivity contribution in [2.45, 2.75) is 43.7 Å². The quantitative estimate of drug-likeness (QED) is 0.597. The third kappa shape index (κ3) is 3.07. The highest BCUT2D eigenvalue weighted by Crippen LogP contribution is 2.47. The number of carbonyl (C=O) groups excluding carboxylic acids is 3. The molecule has 2 fully saturated rings. The second-order valence-electron chi connectivity index (χ2n) is 5.38. The van der Waals surface area contributed by atoms with Crippen LogP contribution in [0.4, 0.5) is 0 Å². The molecule has 3 atom stereocenters. The highest BCUT2D eigenvalue weighted by atomic mass is 32.2. The van der Waals surface area contributed by atoms with E-state index < -0.39 is 18.1 Å². The van der Waals surface area contributed by atoms with Crippen molar-refractivity contribution in [3.05, 3.63) is 12.7 Å². The van der Waals surface area contributed by atoms with Gasteiger partial charge >= 0.3 is 5.97 Å². The van der Waals surface area contributed by atoms with Gasteiger partial charge in [-0.15, -0.1) is 18.3 Å². The number of thioether (sulfide) groups is 1. The van der Waals surface area contributed by atoms with Gasteiger partial charge in [0, 0.05) is 18.7 Å². The molecule has 2 saturated heterocycles. The minimum atomic E-state index is -0.882. The lowest BCUT2D eigenvalue weighted by molar-refractivity contribution is -0.161. The van der Waals surface area contributed by atoms with Gasteiger partial charge in [0.2, 0.25) is 5.91 Å². The fraction of sp³-hybridized carbons (Fsp3) is 0.643. The summed E-state index contributed by atoms with van der Waals surface area (Å²) in [4.78, 5) is 37.2. The van der Waals surface area contributed by atoms with Crippen LogP contribution in [0.5, 0.6) is 0 Å². The van der Waals surface area contributed by atoms with Crippen molar-refractivity contribution in [2.75, 3.05) is 12.3 Å². The number of ether oxygens (including phenoxy) is 1. The van der Waals surface area contributed by atoms with Crippen molar-refractivity contribution in [1.29, 1.82) is 0 Å². The minimum absolute atomic E-state index is 0.0202. The molecule has 0 unspecified atom stereocenters. The Kier molecular flexibility index (Phi) is 4.61. The Morgan fingerprint density at radius 1 is 1.67 bits per heavy atom. The summed E-state index contributed by atoms with van der Waals surface area (Å²) in [7, 11) is 0. The molecule has 1 N–H and O–H groups in total. The van der Waals surface area contributed by atoms with E-state index in [0.29, 0.717) is 18.7 Å². The summed E-state index contributed by atoms with van der Waals surface area (Å²) in [6, 6.07) is -0.593. The van der Waals surface area contributed by atoms with Crippen LogP contribution >= 0.6 is 11.8 Å². The Morgan fingerprint density at radius 2 is 2.38 bits per heavy atom. The van der Waals surface area contributed by atoms with Gasteiger partial charge in [0.25, 0.3) is 5.91 Å². The second-order valence-corrected chi connectivity index (χ2v) is 6.88. The molecule has 2 aliphatic heterocycles. The maximum absolute atomic E-state index is 12.2. The van der Waals surface area contributed by atoms with E-state index in [9.17, 15) is 14.4 Å². The van der Waals surface area contributed by atoms with Gasteiger partial charge in [-0.2, -0.15) is 0 Å². The number of nitrogens with one attached hydrogen (secondary N) is 1. The van der Waals surface area contributed by atoms with Crippen LogP contribution in [0.3, 0.4) is 0 Å². The van der Waals surface area contributed by atoms with Crippen molar-refractivity contribution in [2.24, 2.45) is 0 Å². The first-order valence-corrected chi connectivity index (χ1v) is 7.93. The van der Waals surface area contributed by atoms with E-state index in [1.54, 1.807) is 22.7 Å². The van der Waals surface area contributed by atoms with Crippen LogP contribution in [0.25, 0.3) is 0 Å². The van der Waals surface area contributed by atoms with E-state index >= 15 is 0 Å². The molecule has 0 aromatic carbocycles. The van der Waals surface area contributed by atoms with Crippen molar-refractivity contribution >= 4 is 29.5 Å². The minimum Gasteiger partial charge on any atom is -0.451 e. The van der Waals surface area contributed by atoms with Crippen molar-refractivity contribution < 1.29 is 19.1 Å². The van der Waals surface area contributed by atoms with Crippen molar-refractivity contribution in [1.82, 2.24) is 10.2 Å². The SMILES string of the molecule is C=CCNC(=O)[C@@H](C)OC(=O)[C@@H]1CS[C@@]2(C)CCC(=O)N12. The maximum atomic E-state index is 12.2. The average molecular weight is 312 g/mol. The number of hydrogen-bond acceptors (Lipinski definition) is 5. The molecule has 0 bridgehead atoms. The predicted molar refractivity (Wildman–Crippen MR) is 79.5 cm³/mol. The largest absolute Gasteiger partial charge is 0.451 e. The number of esters is 1. The van der Waals surface area contributed by atoms with Crippen LogP contribution in [0.1, 0.15) is 26.7 Å². The summed E-state index contributed by atoms with van der Waals surface area (Å²) in [5.41, 5.74) is 0. The molecule has 6 nitrogen and oxygen atoms in total. The molecule has 0 aromatic heterocycles. The standard InChI is InChI=1S/C14H20N2O4S/c1-4-7-15-12(18)9(2)20-13(19)10-8-21-14(3)6-5-11(17)16(10)14/h4,9-10H,1,5-8H2,2-3H3,(H,15,18)/t9-,10+,14+/m1/s1. The average Bonchev–Trinajstić information content (AvgIpc) is 2.93. The molecule has 0 radical (unpaired) electrons. The van der Waals surface area contributed by atoms with Gasteiger partial charge in [-0.3, -0.25) is 9.59 Å². The number of fused-ring (bicyclic) bond motifs is 1.